The molecule has 1 unspecified atom stereocenters. The number of carbonyl (C=O) groups is 2. The number of amides is 2. The van der Waals surface area contributed by atoms with Gasteiger partial charge in [-0.15, -0.1) is 23.4 Å². The monoisotopic (exact) mass is 414 g/mol. The summed E-state index contributed by atoms with van der Waals surface area (Å²) in [5.74, 6) is -0.522. The third kappa shape index (κ3) is 4.39. The first-order valence-electron chi connectivity index (χ1n) is 7.86. The second-order valence-electron chi connectivity index (χ2n) is 5.78. The molecule has 0 aromatic heterocycles. The molecule has 2 aromatic carbocycles. The van der Waals surface area contributed by atoms with Crippen LogP contribution in [0, 0.1) is 0 Å². The van der Waals surface area contributed by atoms with Crippen LogP contribution in [0.5, 0.6) is 0 Å². The molecular formula is C18H14ClF3N2O2S. The van der Waals surface area contributed by atoms with Gasteiger partial charge in [-0.1, -0.05) is 12.1 Å². The van der Waals surface area contributed by atoms with Crippen molar-refractivity contribution in [2.75, 3.05) is 21.8 Å². The average Bonchev–Trinajstić information content (AvgIpc) is 3.02. The summed E-state index contributed by atoms with van der Waals surface area (Å²) in [6, 6.07) is 11.4. The van der Waals surface area contributed by atoms with Gasteiger partial charge in [0.05, 0.1) is 11.3 Å². The van der Waals surface area contributed by atoms with Crippen molar-refractivity contribution < 1.29 is 22.8 Å². The van der Waals surface area contributed by atoms with Gasteiger partial charge in [-0.3, -0.25) is 14.5 Å². The van der Waals surface area contributed by atoms with Gasteiger partial charge in [-0.2, -0.15) is 13.2 Å². The van der Waals surface area contributed by atoms with Gasteiger partial charge >= 0.3 is 6.18 Å². The van der Waals surface area contributed by atoms with E-state index in [2.05, 4.69) is 5.32 Å². The van der Waals surface area contributed by atoms with Crippen molar-refractivity contribution in [3.8, 4) is 0 Å². The molecule has 0 radical (unpaired) electrons. The number of rotatable bonds is 4. The van der Waals surface area contributed by atoms with E-state index < -0.39 is 17.1 Å². The average molecular weight is 415 g/mol. The topological polar surface area (TPSA) is 49.4 Å². The third-order valence-corrected chi connectivity index (χ3v) is 5.37. The minimum atomic E-state index is -4.43. The van der Waals surface area contributed by atoms with E-state index in [1.54, 1.807) is 24.3 Å². The number of hydrogen-bond donors (Lipinski definition) is 1. The Hall–Kier alpha value is -2.19. The Morgan fingerprint density at radius 3 is 2.56 bits per heavy atom. The molecule has 1 fully saturated rings. The lowest BCUT2D eigenvalue weighted by atomic mass is 10.1. The molecule has 9 heteroatoms. The first-order chi connectivity index (χ1) is 12.8. The molecule has 2 amide bonds. The number of benzene rings is 2. The number of halogens is 4. The predicted octanol–water partition coefficient (Wildman–Crippen LogP) is 4.66. The molecule has 0 bridgehead atoms. The summed E-state index contributed by atoms with van der Waals surface area (Å²) in [6.45, 7) is 0. The van der Waals surface area contributed by atoms with Gasteiger partial charge in [0.1, 0.15) is 11.3 Å². The molecule has 1 saturated heterocycles. The maximum atomic E-state index is 12.8. The smallest absolute Gasteiger partial charge is 0.325 e. The van der Waals surface area contributed by atoms with E-state index >= 15 is 0 Å². The Morgan fingerprint density at radius 1 is 1.22 bits per heavy atom. The third-order valence-electron chi connectivity index (χ3n) is 3.92. The van der Waals surface area contributed by atoms with Crippen molar-refractivity contribution in [3.05, 3.63) is 59.7 Å². The number of carbonyl (C=O) groups excluding carboxylic acids is 2. The van der Waals surface area contributed by atoms with Crippen LogP contribution in [0.2, 0.25) is 0 Å². The van der Waals surface area contributed by atoms with E-state index in [9.17, 15) is 22.8 Å². The van der Waals surface area contributed by atoms with Crippen LogP contribution in [-0.2, 0) is 15.8 Å². The zero-order valence-corrected chi connectivity index (χ0v) is 15.4. The highest BCUT2D eigenvalue weighted by atomic mass is 35.5. The Balaban J connectivity index is 1.89. The molecule has 1 N–H and O–H groups in total. The summed E-state index contributed by atoms with van der Waals surface area (Å²) in [5, 5.41) is 2.24. The second-order valence-corrected chi connectivity index (χ2v) is 7.11. The van der Waals surface area contributed by atoms with E-state index in [1.165, 1.54) is 28.8 Å². The van der Waals surface area contributed by atoms with Crippen molar-refractivity contribution in [1.29, 1.82) is 0 Å². The number of alkyl halides is 4. The van der Waals surface area contributed by atoms with Gasteiger partial charge in [0, 0.05) is 11.4 Å². The zero-order valence-electron chi connectivity index (χ0n) is 13.8. The lowest BCUT2D eigenvalue weighted by Crippen LogP contribution is -2.28. The molecule has 1 atom stereocenters. The molecule has 1 aliphatic rings. The molecule has 142 valence electrons. The second kappa shape index (κ2) is 7.82. The van der Waals surface area contributed by atoms with Crippen LogP contribution in [-0.4, -0.2) is 23.4 Å². The molecule has 0 saturated carbocycles. The molecule has 0 aliphatic carbocycles. The largest absolute Gasteiger partial charge is 0.416 e. The van der Waals surface area contributed by atoms with Crippen LogP contribution in [0.1, 0.15) is 16.5 Å². The van der Waals surface area contributed by atoms with Crippen molar-refractivity contribution in [1.82, 2.24) is 0 Å². The van der Waals surface area contributed by atoms with Gasteiger partial charge in [0.2, 0.25) is 11.8 Å². The van der Waals surface area contributed by atoms with Crippen LogP contribution < -0.4 is 10.2 Å². The van der Waals surface area contributed by atoms with Gasteiger partial charge in [-0.05, 0) is 42.0 Å². The minimum absolute atomic E-state index is 0.182. The number of hydrogen-bond acceptors (Lipinski definition) is 3. The highest BCUT2D eigenvalue weighted by Gasteiger charge is 2.35. The Morgan fingerprint density at radius 2 is 1.93 bits per heavy atom. The van der Waals surface area contributed by atoms with Crippen LogP contribution in [0.3, 0.4) is 0 Å². The SMILES string of the molecule is O=C(CCl)Nc1cccc(C2SCC(=O)N2c2ccc(C(F)(F)F)cc2)c1. The normalized spacial score (nSPS) is 17.3. The number of anilines is 2. The molecule has 0 spiro atoms. The highest BCUT2D eigenvalue weighted by Crippen LogP contribution is 2.42. The Labute approximate surface area is 162 Å². The molecule has 4 nitrogen and oxygen atoms in total. The number of nitrogens with zero attached hydrogens (tertiary/aromatic N) is 1. The quantitative estimate of drug-likeness (QED) is 0.740. The van der Waals surface area contributed by atoms with Crippen LogP contribution >= 0.6 is 23.4 Å². The van der Waals surface area contributed by atoms with Crippen LogP contribution in [0.15, 0.2) is 48.5 Å². The minimum Gasteiger partial charge on any atom is -0.325 e. The maximum absolute atomic E-state index is 12.8. The van der Waals surface area contributed by atoms with Crippen molar-refractivity contribution in [2.45, 2.75) is 11.6 Å². The van der Waals surface area contributed by atoms with Crippen molar-refractivity contribution in [3.63, 3.8) is 0 Å². The molecule has 1 aliphatic heterocycles. The molecule has 2 aromatic rings. The summed E-state index contributed by atoms with van der Waals surface area (Å²) in [6.07, 6.45) is -4.43. The molecule has 1 heterocycles. The molecular weight excluding hydrogens is 401 g/mol. The van der Waals surface area contributed by atoms with Crippen molar-refractivity contribution in [2.24, 2.45) is 0 Å². The van der Waals surface area contributed by atoms with Gasteiger partial charge in [0.25, 0.3) is 0 Å². The number of nitrogens with one attached hydrogen (secondary N) is 1. The van der Waals surface area contributed by atoms with Crippen molar-refractivity contribution >= 4 is 46.6 Å². The lowest BCUT2D eigenvalue weighted by Gasteiger charge is -2.25. The lowest BCUT2D eigenvalue weighted by molar-refractivity contribution is -0.137. The van der Waals surface area contributed by atoms with Gasteiger partial charge in [0.15, 0.2) is 0 Å². The first kappa shape index (κ1) is 19.6. The van der Waals surface area contributed by atoms with E-state index in [4.69, 9.17) is 11.6 Å². The fourth-order valence-corrected chi connectivity index (χ4v) is 3.96. The van der Waals surface area contributed by atoms with E-state index in [0.29, 0.717) is 11.4 Å². The Bertz CT molecular complexity index is 858. The number of thioether (sulfide) groups is 1. The Kier molecular flexibility index (Phi) is 5.67. The van der Waals surface area contributed by atoms with Crippen LogP contribution in [0.4, 0.5) is 24.5 Å². The summed E-state index contributed by atoms with van der Waals surface area (Å²) in [4.78, 5) is 25.3. The van der Waals surface area contributed by atoms with E-state index in [0.717, 1.165) is 17.7 Å². The predicted molar refractivity (Wildman–Crippen MR) is 99.9 cm³/mol. The first-order valence-corrected chi connectivity index (χ1v) is 9.44. The fraction of sp³-hybridized carbons (Fsp3) is 0.222. The summed E-state index contributed by atoms with van der Waals surface area (Å²) < 4.78 is 38.3. The highest BCUT2D eigenvalue weighted by molar-refractivity contribution is 8.00. The van der Waals surface area contributed by atoms with Gasteiger partial charge in [-0.25, -0.2) is 0 Å². The van der Waals surface area contributed by atoms with E-state index in [-0.39, 0.29) is 23.4 Å². The van der Waals surface area contributed by atoms with Gasteiger partial charge < -0.3 is 5.32 Å². The standard InChI is InChI=1S/C18H14ClF3N2O2S/c19-9-15(25)23-13-3-1-2-11(8-13)17-24(16(26)10-27-17)14-6-4-12(5-7-14)18(20,21)22/h1-8,17H,9-10H2,(H,23,25). The summed E-state index contributed by atoms with van der Waals surface area (Å²) in [7, 11) is 0. The molecule has 3 rings (SSSR count). The summed E-state index contributed by atoms with van der Waals surface area (Å²) in [5.41, 5.74) is 0.898. The van der Waals surface area contributed by atoms with Crippen LogP contribution in [0.25, 0.3) is 0 Å². The maximum Gasteiger partial charge on any atom is 0.416 e. The summed E-state index contributed by atoms with van der Waals surface area (Å²) >= 11 is 6.85. The zero-order chi connectivity index (χ0) is 19.6. The molecule has 27 heavy (non-hydrogen) atoms. The van der Waals surface area contributed by atoms with E-state index in [1.807, 2.05) is 0 Å². The fourth-order valence-electron chi connectivity index (χ4n) is 2.73.